The quantitative estimate of drug-likeness (QED) is 0.856. The average Bonchev–Trinajstić information content (AvgIpc) is 3.01. The SMILES string of the molecule is Cc1ccc(OCC(=O)N2CCN(c3nnc(C)s3)CC2)cc1. The molecule has 2 heterocycles. The summed E-state index contributed by atoms with van der Waals surface area (Å²) in [6.45, 7) is 7.00. The molecule has 1 amide bonds. The molecule has 0 saturated carbocycles. The average molecular weight is 332 g/mol. The van der Waals surface area contributed by atoms with Crippen molar-refractivity contribution >= 4 is 22.4 Å². The molecule has 1 aromatic heterocycles. The van der Waals surface area contributed by atoms with Gasteiger partial charge in [0.25, 0.3) is 5.91 Å². The fourth-order valence-corrected chi connectivity index (χ4v) is 3.17. The molecule has 0 unspecified atom stereocenters. The van der Waals surface area contributed by atoms with E-state index in [1.54, 1.807) is 11.3 Å². The molecule has 1 fully saturated rings. The van der Waals surface area contributed by atoms with E-state index in [-0.39, 0.29) is 12.5 Å². The first-order valence-corrected chi connectivity index (χ1v) is 8.46. The minimum atomic E-state index is 0.0265. The number of ether oxygens (including phenoxy) is 1. The van der Waals surface area contributed by atoms with Gasteiger partial charge in [0.1, 0.15) is 10.8 Å². The normalized spacial score (nSPS) is 14.9. The molecule has 23 heavy (non-hydrogen) atoms. The largest absolute Gasteiger partial charge is 0.484 e. The molecule has 0 spiro atoms. The Morgan fingerprint density at radius 2 is 1.83 bits per heavy atom. The smallest absolute Gasteiger partial charge is 0.260 e. The molecule has 0 radical (unpaired) electrons. The molecular formula is C16H20N4O2S. The van der Waals surface area contributed by atoms with E-state index in [4.69, 9.17) is 4.74 Å². The number of carbonyl (C=O) groups excluding carboxylic acids is 1. The summed E-state index contributed by atoms with van der Waals surface area (Å²) >= 11 is 1.59. The summed E-state index contributed by atoms with van der Waals surface area (Å²) < 4.78 is 5.57. The Kier molecular flexibility index (Phi) is 4.76. The third-order valence-corrected chi connectivity index (χ3v) is 4.70. The number of piperazine rings is 1. The molecule has 1 aliphatic heterocycles. The van der Waals surface area contributed by atoms with Gasteiger partial charge in [-0.25, -0.2) is 0 Å². The van der Waals surface area contributed by atoms with Gasteiger partial charge in [0, 0.05) is 26.2 Å². The Bertz CT molecular complexity index is 663. The number of nitrogens with zero attached hydrogens (tertiary/aromatic N) is 4. The molecule has 1 saturated heterocycles. The molecule has 6 nitrogen and oxygen atoms in total. The Morgan fingerprint density at radius 3 is 2.43 bits per heavy atom. The zero-order chi connectivity index (χ0) is 16.2. The van der Waals surface area contributed by atoms with Gasteiger partial charge < -0.3 is 14.5 Å². The minimum absolute atomic E-state index is 0.0265. The number of anilines is 1. The first kappa shape index (κ1) is 15.7. The van der Waals surface area contributed by atoms with Crippen LogP contribution in [0.25, 0.3) is 0 Å². The van der Waals surface area contributed by atoms with Crippen molar-refractivity contribution in [3.63, 3.8) is 0 Å². The van der Waals surface area contributed by atoms with Crippen LogP contribution < -0.4 is 9.64 Å². The van der Waals surface area contributed by atoms with Crippen molar-refractivity contribution in [1.29, 1.82) is 0 Å². The monoisotopic (exact) mass is 332 g/mol. The van der Waals surface area contributed by atoms with Gasteiger partial charge in [0.15, 0.2) is 6.61 Å². The highest BCUT2D eigenvalue weighted by atomic mass is 32.1. The summed E-state index contributed by atoms with van der Waals surface area (Å²) in [6, 6.07) is 7.72. The summed E-state index contributed by atoms with van der Waals surface area (Å²) in [7, 11) is 0. The summed E-state index contributed by atoms with van der Waals surface area (Å²) in [5, 5.41) is 10.1. The van der Waals surface area contributed by atoms with Gasteiger partial charge in [-0.15, -0.1) is 10.2 Å². The van der Waals surface area contributed by atoms with Crippen molar-refractivity contribution in [3.05, 3.63) is 34.8 Å². The summed E-state index contributed by atoms with van der Waals surface area (Å²) in [5.74, 6) is 0.755. The first-order valence-electron chi connectivity index (χ1n) is 7.64. The van der Waals surface area contributed by atoms with Crippen LogP contribution in [0, 0.1) is 13.8 Å². The molecule has 122 valence electrons. The summed E-state index contributed by atoms with van der Waals surface area (Å²) in [4.78, 5) is 16.3. The van der Waals surface area contributed by atoms with Crippen LogP contribution in [0.15, 0.2) is 24.3 Å². The molecule has 7 heteroatoms. The number of aromatic nitrogens is 2. The maximum absolute atomic E-state index is 12.2. The van der Waals surface area contributed by atoms with Crippen molar-refractivity contribution < 1.29 is 9.53 Å². The van der Waals surface area contributed by atoms with E-state index >= 15 is 0 Å². The second-order valence-corrected chi connectivity index (χ2v) is 6.73. The van der Waals surface area contributed by atoms with Crippen molar-refractivity contribution in [2.45, 2.75) is 13.8 Å². The fourth-order valence-electron chi connectivity index (χ4n) is 2.43. The van der Waals surface area contributed by atoms with E-state index in [9.17, 15) is 4.79 Å². The zero-order valence-corrected chi connectivity index (χ0v) is 14.2. The summed E-state index contributed by atoms with van der Waals surface area (Å²) in [6.07, 6.45) is 0. The van der Waals surface area contributed by atoms with E-state index in [1.807, 2.05) is 43.0 Å². The molecule has 0 atom stereocenters. The van der Waals surface area contributed by atoms with Crippen molar-refractivity contribution in [1.82, 2.24) is 15.1 Å². The number of rotatable bonds is 4. The Morgan fingerprint density at radius 1 is 1.13 bits per heavy atom. The maximum Gasteiger partial charge on any atom is 0.260 e. The van der Waals surface area contributed by atoms with Crippen molar-refractivity contribution in [2.75, 3.05) is 37.7 Å². The van der Waals surface area contributed by atoms with Gasteiger partial charge >= 0.3 is 0 Å². The second-order valence-electron chi connectivity index (χ2n) is 5.57. The highest BCUT2D eigenvalue weighted by Gasteiger charge is 2.23. The Labute approximate surface area is 139 Å². The lowest BCUT2D eigenvalue weighted by Gasteiger charge is -2.34. The minimum Gasteiger partial charge on any atom is -0.484 e. The number of benzene rings is 1. The number of hydrogen-bond donors (Lipinski definition) is 0. The molecule has 1 aliphatic rings. The molecule has 2 aromatic rings. The van der Waals surface area contributed by atoms with Crippen LogP contribution in [0.3, 0.4) is 0 Å². The third kappa shape index (κ3) is 3.98. The Hall–Kier alpha value is -2.15. The molecule has 0 bridgehead atoms. The van der Waals surface area contributed by atoms with E-state index < -0.39 is 0 Å². The lowest BCUT2D eigenvalue weighted by molar-refractivity contribution is -0.133. The standard InChI is InChI=1S/C16H20N4O2S/c1-12-3-5-14(6-4-12)22-11-15(21)19-7-9-20(10-8-19)16-18-17-13(2)23-16/h3-6H,7-11H2,1-2H3. The van der Waals surface area contributed by atoms with E-state index in [1.165, 1.54) is 5.56 Å². The van der Waals surface area contributed by atoms with Crippen LogP contribution in [-0.4, -0.2) is 53.8 Å². The van der Waals surface area contributed by atoms with Crippen LogP contribution >= 0.6 is 11.3 Å². The lowest BCUT2D eigenvalue weighted by Crippen LogP contribution is -2.50. The predicted molar refractivity (Wildman–Crippen MR) is 90.1 cm³/mol. The maximum atomic E-state index is 12.2. The van der Waals surface area contributed by atoms with Crippen LogP contribution in [0.4, 0.5) is 5.13 Å². The second kappa shape index (κ2) is 6.95. The molecule has 3 rings (SSSR count). The highest BCUT2D eigenvalue weighted by molar-refractivity contribution is 7.15. The van der Waals surface area contributed by atoms with Gasteiger partial charge in [-0.1, -0.05) is 29.0 Å². The third-order valence-electron chi connectivity index (χ3n) is 3.80. The molecule has 1 aromatic carbocycles. The molecule has 0 aliphatic carbocycles. The van der Waals surface area contributed by atoms with E-state index in [2.05, 4.69) is 15.1 Å². The topological polar surface area (TPSA) is 58.6 Å². The van der Waals surface area contributed by atoms with Crippen LogP contribution in [0.1, 0.15) is 10.6 Å². The van der Waals surface area contributed by atoms with Gasteiger partial charge in [0.2, 0.25) is 5.13 Å². The summed E-state index contributed by atoms with van der Waals surface area (Å²) in [5.41, 5.74) is 1.17. The van der Waals surface area contributed by atoms with Crippen LogP contribution in [0.2, 0.25) is 0 Å². The predicted octanol–water partition coefficient (Wildman–Crippen LogP) is 1.88. The molecule has 0 N–H and O–H groups in total. The molecular weight excluding hydrogens is 312 g/mol. The van der Waals surface area contributed by atoms with E-state index in [0.717, 1.165) is 29.0 Å². The van der Waals surface area contributed by atoms with Crippen molar-refractivity contribution in [2.24, 2.45) is 0 Å². The number of hydrogen-bond acceptors (Lipinski definition) is 6. The highest BCUT2D eigenvalue weighted by Crippen LogP contribution is 2.20. The fraction of sp³-hybridized carbons (Fsp3) is 0.438. The van der Waals surface area contributed by atoms with Gasteiger partial charge in [-0.05, 0) is 26.0 Å². The first-order chi connectivity index (χ1) is 11.1. The van der Waals surface area contributed by atoms with E-state index in [0.29, 0.717) is 13.1 Å². The number of carbonyl (C=O) groups is 1. The van der Waals surface area contributed by atoms with Crippen molar-refractivity contribution in [3.8, 4) is 5.75 Å². The van der Waals surface area contributed by atoms with Gasteiger partial charge in [-0.2, -0.15) is 0 Å². The van der Waals surface area contributed by atoms with Crippen LogP contribution in [-0.2, 0) is 4.79 Å². The zero-order valence-electron chi connectivity index (χ0n) is 13.4. The number of amides is 1. The number of aryl methyl sites for hydroxylation is 2. The van der Waals surface area contributed by atoms with Crippen LogP contribution in [0.5, 0.6) is 5.75 Å². The van der Waals surface area contributed by atoms with Gasteiger partial charge in [-0.3, -0.25) is 4.79 Å². The lowest BCUT2D eigenvalue weighted by atomic mass is 10.2. The van der Waals surface area contributed by atoms with Gasteiger partial charge in [0.05, 0.1) is 0 Å². The Balaban J connectivity index is 1.47.